The SMILES string of the molecule is COC1(C(=O)O)CCCCc2ccccc21. The van der Waals surface area contributed by atoms with Crippen molar-refractivity contribution in [2.45, 2.75) is 31.3 Å². The first kappa shape index (κ1) is 11.1. The summed E-state index contributed by atoms with van der Waals surface area (Å²) in [6.45, 7) is 0. The predicted octanol–water partition coefficient (Wildman–Crippen LogP) is 2.34. The lowest BCUT2D eigenvalue weighted by Crippen LogP contribution is -2.38. The van der Waals surface area contributed by atoms with E-state index < -0.39 is 11.6 Å². The van der Waals surface area contributed by atoms with Crippen molar-refractivity contribution >= 4 is 5.97 Å². The minimum atomic E-state index is -1.15. The van der Waals surface area contributed by atoms with Crippen LogP contribution < -0.4 is 0 Å². The zero-order valence-electron chi connectivity index (χ0n) is 9.40. The van der Waals surface area contributed by atoms with Gasteiger partial charge in [-0.1, -0.05) is 24.3 Å². The molecular formula is C13H16O3. The number of fused-ring (bicyclic) bond motifs is 1. The Morgan fingerprint density at radius 2 is 2.12 bits per heavy atom. The van der Waals surface area contributed by atoms with Gasteiger partial charge in [-0.3, -0.25) is 0 Å². The third-order valence-electron chi connectivity index (χ3n) is 3.37. The van der Waals surface area contributed by atoms with E-state index in [2.05, 4.69) is 0 Å². The highest BCUT2D eigenvalue weighted by Gasteiger charge is 2.42. The number of hydrogen-bond donors (Lipinski definition) is 1. The third-order valence-corrected chi connectivity index (χ3v) is 3.37. The highest BCUT2D eigenvalue weighted by molar-refractivity contribution is 5.80. The lowest BCUT2D eigenvalue weighted by Gasteiger charge is -2.28. The van der Waals surface area contributed by atoms with Crippen LogP contribution in [-0.2, 0) is 21.6 Å². The van der Waals surface area contributed by atoms with Gasteiger partial charge in [0.1, 0.15) is 0 Å². The van der Waals surface area contributed by atoms with Crippen LogP contribution in [0.25, 0.3) is 0 Å². The quantitative estimate of drug-likeness (QED) is 0.778. The summed E-state index contributed by atoms with van der Waals surface area (Å²) in [6.07, 6.45) is 3.40. The first-order valence-electron chi connectivity index (χ1n) is 5.57. The Bertz CT molecular complexity index is 400. The number of benzene rings is 1. The van der Waals surface area contributed by atoms with E-state index in [0.29, 0.717) is 6.42 Å². The topological polar surface area (TPSA) is 46.5 Å². The monoisotopic (exact) mass is 220 g/mol. The molecule has 16 heavy (non-hydrogen) atoms. The Labute approximate surface area is 95.0 Å². The zero-order valence-corrected chi connectivity index (χ0v) is 9.40. The average molecular weight is 220 g/mol. The van der Waals surface area contributed by atoms with E-state index in [1.807, 2.05) is 24.3 Å². The summed E-state index contributed by atoms with van der Waals surface area (Å²) in [5.74, 6) is -0.885. The first-order chi connectivity index (χ1) is 7.70. The molecule has 1 aliphatic carbocycles. The maximum atomic E-state index is 11.5. The van der Waals surface area contributed by atoms with Crippen LogP contribution >= 0.6 is 0 Å². The number of aliphatic carboxylic acids is 1. The molecule has 3 heteroatoms. The Balaban J connectivity index is 2.58. The van der Waals surface area contributed by atoms with Crippen molar-refractivity contribution in [2.75, 3.05) is 7.11 Å². The number of carboxylic acids is 1. The van der Waals surface area contributed by atoms with Crippen LogP contribution in [0.2, 0.25) is 0 Å². The van der Waals surface area contributed by atoms with Crippen LogP contribution in [0.3, 0.4) is 0 Å². The molecule has 1 aromatic carbocycles. The second-order valence-electron chi connectivity index (χ2n) is 4.20. The van der Waals surface area contributed by atoms with Crippen LogP contribution in [0.1, 0.15) is 30.4 Å². The molecule has 0 saturated carbocycles. The van der Waals surface area contributed by atoms with Crippen LogP contribution in [0.5, 0.6) is 0 Å². The molecule has 1 aromatic rings. The van der Waals surface area contributed by atoms with Crippen molar-refractivity contribution < 1.29 is 14.6 Å². The number of hydrogen-bond acceptors (Lipinski definition) is 2. The number of carbonyl (C=O) groups is 1. The van der Waals surface area contributed by atoms with Gasteiger partial charge in [-0.25, -0.2) is 4.79 Å². The van der Waals surface area contributed by atoms with E-state index in [4.69, 9.17) is 4.74 Å². The summed E-state index contributed by atoms with van der Waals surface area (Å²) >= 11 is 0. The molecule has 1 atom stereocenters. The number of aryl methyl sites for hydroxylation is 1. The van der Waals surface area contributed by atoms with Gasteiger partial charge >= 0.3 is 5.97 Å². The van der Waals surface area contributed by atoms with Crippen LogP contribution in [-0.4, -0.2) is 18.2 Å². The molecule has 0 amide bonds. The molecule has 0 aliphatic heterocycles. The summed E-state index contributed by atoms with van der Waals surface area (Å²) in [6, 6.07) is 7.70. The molecule has 1 aliphatic rings. The Morgan fingerprint density at radius 3 is 2.81 bits per heavy atom. The smallest absolute Gasteiger partial charge is 0.340 e. The van der Waals surface area contributed by atoms with Gasteiger partial charge in [-0.05, 0) is 36.8 Å². The predicted molar refractivity (Wildman–Crippen MR) is 60.3 cm³/mol. The van der Waals surface area contributed by atoms with Crippen molar-refractivity contribution in [3.8, 4) is 0 Å². The van der Waals surface area contributed by atoms with Crippen molar-refractivity contribution in [2.24, 2.45) is 0 Å². The van der Waals surface area contributed by atoms with E-state index >= 15 is 0 Å². The van der Waals surface area contributed by atoms with Gasteiger partial charge in [0, 0.05) is 7.11 Å². The maximum Gasteiger partial charge on any atom is 0.340 e. The molecule has 86 valence electrons. The van der Waals surface area contributed by atoms with Crippen molar-refractivity contribution in [3.63, 3.8) is 0 Å². The fourth-order valence-electron chi connectivity index (χ4n) is 2.48. The Hall–Kier alpha value is -1.35. The van der Waals surface area contributed by atoms with Crippen molar-refractivity contribution in [3.05, 3.63) is 35.4 Å². The van der Waals surface area contributed by atoms with Gasteiger partial charge in [0.05, 0.1) is 0 Å². The van der Waals surface area contributed by atoms with Crippen molar-refractivity contribution in [1.82, 2.24) is 0 Å². The normalized spacial score (nSPS) is 24.6. The molecule has 0 bridgehead atoms. The minimum absolute atomic E-state index is 0.551. The second-order valence-corrected chi connectivity index (χ2v) is 4.20. The molecule has 0 saturated heterocycles. The van der Waals surface area contributed by atoms with E-state index in [9.17, 15) is 9.90 Å². The fraction of sp³-hybridized carbons (Fsp3) is 0.462. The van der Waals surface area contributed by atoms with Crippen LogP contribution in [0.15, 0.2) is 24.3 Å². The first-order valence-corrected chi connectivity index (χ1v) is 5.57. The van der Waals surface area contributed by atoms with Crippen molar-refractivity contribution in [1.29, 1.82) is 0 Å². The lowest BCUT2D eigenvalue weighted by atomic mass is 9.88. The minimum Gasteiger partial charge on any atom is -0.479 e. The van der Waals surface area contributed by atoms with Crippen LogP contribution in [0.4, 0.5) is 0 Å². The Morgan fingerprint density at radius 1 is 1.38 bits per heavy atom. The fourth-order valence-corrected chi connectivity index (χ4v) is 2.48. The zero-order chi connectivity index (χ0) is 11.6. The molecule has 0 radical (unpaired) electrons. The summed E-state index contributed by atoms with van der Waals surface area (Å²) in [4.78, 5) is 11.5. The van der Waals surface area contributed by atoms with E-state index in [1.54, 1.807) is 0 Å². The lowest BCUT2D eigenvalue weighted by molar-refractivity contribution is -0.164. The summed E-state index contributed by atoms with van der Waals surface area (Å²) in [5, 5.41) is 9.44. The molecule has 2 rings (SSSR count). The average Bonchev–Trinajstić information content (AvgIpc) is 2.49. The second kappa shape index (κ2) is 4.26. The largest absolute Gasteiger partial charge is 0.479 e. The molecule has 0 fully saturated rings. The molecule has 0 heterocycles. The molecular weight excluding hydrogens is 204 g/mol. The third kappa shape index (κ3) is 1.61. The van der Waals surface area contributed by atoms with Gasteiger partial charge in [-0.2, -0.15) is 0 Å². The Kier molecular flexibility index (Phi) is 2.97. The van der Waals surface area contributed by atoms with Gasteiger partial charge < -0.3 is 9.84 Å². The van der Waals surface area contributed by atoms with Gasteiger partial charge in [-0.15, -0.1) is 0 Å². The molecule has 0 spiro atoms. The molecule has 1 N–H and O–H groups in total. The number of rotatable bonds is 2. The van der Waals surface area contributed by atoms with E-state index in [1.165, 1.54) is 7.11 Å². The van der Waals surface area contributed by atoms with Gasteiger partial charge in [0.15, 0.2) is 5.60 Å². The summed E-state index contributed by atoms with van der Waals surface area (Å²) < 4.78 is 5.35. The molecule has 3 nitrogen and oxygen atoms in total. The standard InChI is InChI=1S/C13H16O3/c1-16-13(12(14)15)9-5-4-7-10-6-2-3-8-11(10)13/h2-3,6,8H,4-5,7,9H2,1H3,(H,14,15). The van der Waals surface area contributed by atoms with E-state index in [-0.39, 0.29) is 0 Å². The highest BCUT2D eigenvalue weighted by atomic mass is 16.5. The highest BCUT2D eigenvalue weighted by Crippen LogP contribution is 2.37. The number of ether oxygens (including phenoxy) is 1. The number of carboxylic acid groups (broad SMARTS) is 1. The number of methoxy groups -OCH3 is 1. The molecule has 0 aromatic heterocycles. The van der Waals surface area contributed by atoms with Gasteiger partial charge in [0.25, 0.3) is 0 Å². The van der Waals surface area contributed by atoms with E-state index in [0.717, 1.165) is 30.4 Å². The van der Waals surface area contributed by atoms with Crippen LogP contribution in [0, 0.1) is 0 Å². The summed E-state index contributed by atoms with van der Waals surface area (Å²) in [7, 11) is 1.48. The maximum absolute atomic E-state index is 11.5. The summed E-state index contributed by atoms with van der Waals surface area (Å²) in [5.41, 5.74) is 0.777. The van der Waals surface area contributed by atoms with Gasteiger partial charge in [0.2, 0.25) is 0 Å². The molecule has 1 unspecified atom stereocenters.